The van der Waals surface area contributed by atoms with Crippen LogP contribution in [0.3, 0.4) is 0 Å². The molecule has 2 amide bonds. The van der Waals surface area contributed by atoms with Crippen LogP contribution in [0.2, 0.25) is 0 Å². The van der Waals surface area contributed by atoms with Gasteiger partial charge in [0.2, 0.25) is 17.6 Å². The molecule has 1 aliphatic heterocycles. The molecule has 154 valence electrons. The minimum Gasteiger partial charge on any atom is -0.391 e. The van der Waals surface area contributed by atoms with Gasteiger partial charge in [-0.3, -0.25) is 9.59 Å². The van der Waals surface area contributed by atoms with E-state index in [1.807, 2.05) is 0 Å². The number of amides is 2. The van der Waals surface area contributed by atoms with Crippen molar-refractivity contribution in [3.8, 4) is 11.1 Å². The van der Waals surface area contributed by atoms with E-state index in [9.17, 15) is 27.9 Å². The summed E-state index contributed by atoms with van der Waals surface area (Å²) in [5, 5.41) is 15.3. The number of aliphatic hydroxyl groups is 1. The summed E-state index contributed by atoms with van der Waals surface area (Å²) in [6, 6.07) is 3.68. The number of aliphatic hydroxyl groups excluding tert-OH is 1. The molecule has 3 rings (SSSR count). The average Bonchev–Trinajstić information content (AvgIpc) is 3.11. The molecule has 2 aromatic rings. The summed E-state index contributed by atoms with van der Waals surface area (Å²) in [5.74, 6) is -2.41. The Bertz CT molecular complexity index is 918. The predicted octanol–water partition coefficient (Wildman–Crippen LogP) is 0.600. The third-order valence-corrected chi connectivity index (χ3v) is 4.53. The van der Waals surface area contributed by atoms with E-state index in [2.05, 4.69) is 20.6 Å². The quantitative estimate of drug-likeness (QED) is 0.572. The van der Waals surface area contributed by atoms with Crippen LogP contribution in [0.5, 0.6) is 0 Å². The van der Waals surface area contributed by atoms with Gasteiger partial charge in [-0.2, -0.15) is 13.2 Å². The first kappa shape index (κ1) is 20.7. The van der Waals surface area contributed by atoms with E-state index in [-0.39, 0.29) is 12.1 Å². The topological polar surface area (TPSA) is 130 Å². The first-order valence-corrected chi connectivity index (χ1v) is 8.68. The van der Waals surface area contributed by atoms with Crippen molar-refractivity contribution in [3.05, 3.63) is 47.5 Å². The van der Waals surface area contributed by atoms with Gasteiger partial charge in [0.1, 0.15) is 6.04 Å². The SMILES string of the molecule is NC(=O)c1ccc(-c2cnc(C(F)(F)F)nc2)cc1CNC(=O)C1NCCC1O. The molecule has 5 N–H and O–H groups in total. The molecule has 8 nitrogen and oxygen atoms in total. The number of carbonyl (C=O) groups is 2. The summed E-state index contributed by atoms with van der Waals surface area (Å²) in [5.41, 5.74) is 6.64. The number of aromatic nitrogens is 2. The van der Waals surface area contributed by atoms with Gasteiger partial charge in [0.05, 0.1) is 6.10 Å². The Labute approximate surface area is 163 Å². The van der Waals surface area contributed by atoms with Crippen molar-refractivity contribution in [2.45, 2.75) is 31.3 Å². The van der Waals surface area contributed by atoms with Crippen LogP contribution in [0.1, 0.15) is 28.2 Å². The molecule has 0 spiro atoms. The summed E-state index contributed by atoms with van der Waals surface area (Å²) in [6.45, 7) is 0.451. The van der Waals surface area contributed by atoms with Gasteiger partial charge in [0, 0.05) is 30.1 Å². The minimum atomic E-state index is -4.65. The number of nitrogens with one attached hydrogen (secondary N) is 2. The molecule has 1 fully saturated rings. The van der Waals surface area contributed by atoms with Crippen LogP contribution >= 0.6 is 0 Å². The molecule has 1 aromatic carbocycles. The van der Waals surface area contributed by atoms with Crippen LogP contribution in [0.15, 0.2) is 30.6 Å². The second-order valence-corrected chi connectivity index (χ2v) is 6.53. The Morgan fingerprint density at radius 1 is 1.24 bits per heavy atom. The van der Waals surface area contributed by atoms with Gasteiger partial charge in [-0.05, 0) is 36.2 Å². The molecule has 29 heavy (non-hydrogen) atoms. The minimum absolute atomic E-state index is 0.0582. The largest absolute Gasteiger partial charge is 0.451 e. The van der Waals surface area contributed by atoms with Crippen LogP contribution in [0, 0.1) is 0 Å². The van der Waals surface area contributed by atoms with E-state index in [1.54, 1.807) is 0 Å². The molecule has 2 atom stereocenters. The molecular weight excluding hydrogens is 391 g/mol. The fourth-order valence-corrected chi connectivity index (χ4v) is 3.03. The molecule has 0 bridgehead atoms. The molecule has 11 heteroatoms. The van der Waals surface area contributed by atoms with Crippen LogP contribution in [0.4, 0.5) is 13.2 Å². The predicted molar refractivity (Wildman–Crippen MR) is 95.2 cm³/mol. The monoisotopic (exact) mass is 409 g/mol. The van der Waals surface area contributed by atoms with Crippen molar-refractivity contribution in [1.29, 1.82) is 0 Å². The van der Waals surface area contributed by atoms with Crippen molar-refractivity contribution in [2.24, 2.45) is 5.73 Å². The van der Waals surface area contributed by atoms with Gasteiger partial charge in [-0.25, -0.2) is 9.97 Å². The van der Waals surface area contributed by atoms with Crippen molar-refractivity contribution in [2.75, 3.05) is 6.54 Å². The zero-order chi connectivity index (χ0) is 21.2. The molecule has 2 heterocycles. The zero-order valence-electron chi connectivity index (χ0n) is 15.0. The molecule has 2 unspecified atom stereocenters. The second kappa shape index (κ2) is 8.13. The van der Waals surface area contributed by atoms with Gasteiger partial charge >= 0.3 is 6.18 Å². The normalized spacial score (nSPS) is 19.2. The van der Waals surface area contributed by atoms with E-state index < -0.39 is 36.0 Å². The standard InChI is InChI=1S/C18H18F3N5O3/c19-18(20,21)17-25-7-11(8-26-17)9-1-2-12(15(22)28)10(5-9)6-24-16(29)14-13(27)3-4-23-14/h1-2,5,7-8,13-14,23,27H,3-4,6H2,(H2,22,28)(H,24,29). The Balaban J connectivity index is 1.82. The van der Waals surface area contributed by atoms with Crippen LogP contribution in [-0.4, -0.2) is 45.6 Å². The van der Waals surface area contributed by atoms with Crippen LogP contribution in [-0.2, 0) is 17.5 Å². The number of hydrogen-bond acceptors (Lipinski definition) is 6. The Hall–Kier alpha value is -3.05. The third-order valence-electron chi connectivity index (χ3n) is 4.53. The van der Waals surface area contributed by atoms with E-state index >= 15 is 0 Å². The number of alkyl halides is 3. The lowest BCUT2D eigenvalue weighted by atomic mass is 10.00. The zero-order valence-corrected chi connectivity index (χ0v) is 15.0. The summed E-state index contributed by atoms with van der Waals surface area (Å²) in [7, 11) is 0. The lowest BCUT2D eigenvalue weighted by molar-refractivity contribution is -0.145. The highest BCUT2D eigenvalue weighted by Crippen LogP contribution is 2.27. The molecular formula is C18H18F3N5O3. The molecule has 0 aliphatic carbocycles. The fraction of sp³-hybridized carbons (Fsp3) is 0.333. The van der Waals surface area contributed by atoms with Gasteiger partial charge < -0.3 is 21.5 Å². The smallest absolute Gasteiger partial charge is 0.391 e. The summed E-state index contributed by atoms with van der Waals surface area (Å²) < 4.78 is 37.9. The number of hydrogen-bond donors (Lipinski definition) is 4. The highest BCUT2D eigenvalue weighted by molar-refractivity contribution is 5.95. The number of carbonyl (C=O) groups excluding carboxylic acids is 2. The van der Waals surface area contributed by atoms with E-state index in [4.69, 9.17) is 5.73 Å². The summed E-state index contributed by atoms with van der Waals surface area (Å²) in [6.07, 6.45) is -2.95. The number of halogens is 3. The lowest BCUT2D eigenvalue weighted by Crippen LogP contribution is -2.45. The molecule has 1 aromatic heterocycles. The highest BCUT2D eigenvalue weighted by atomic mass is 19.4. The van der Waals surface area contributed by atoms with Gasteiger partial charge in [0.15, 0.2) is 0 Å². The van der Waals surface area contributed by atoms with Gasteiger partial charge in [-0.15, -0.1) is 0 Å². The van der Waals surface area contributed by atoms with Gasteiger partial charge in [-0.1, -0.05) is 6.07 Å². The molecule has 0 saturated carbocycles. The third kappa shape index (κ3) is 4.69. The Morgan fingerprint density at radius 2 is 1.93 bits per heavy atom. The Kier molecular flexibility index (Phi) is 5.80. The number of nitrogens with zero attached hydrogens (tertiary/aromatic N) is 2. The maximum atomic E-state index is 12.6. The first-order valence-electron chi connectivity index (χ1n) is 8.68. The number of primary amides is 1. The molecule has 0 radical (unpaired) electrons. The van der Waals surface area contributed by atoms with Crippen molar-refractivity contribution in [1.82, 2.24) is 20.6 Å². The fourth-order valence-electron chi connectivity index (χ4n) is 3.03. The summed E-state index contributed by atoms with van der Waals surface area (Å²) in [4.78, 5) is 30.5. The van der Waals surface area contributed by atoms with Crippen molar-refractivity contribution < 1.29 is 27.9 Å². The molecule has 1 aliphatic rings. The lowest BCUT2D eigenvalue weighted by Gasteiger charge is -2.16. The van der Waals surface area contributed by atoms with Crippen LogP contribution < -0.4 is 16.4 Å². The van der Waals surface area contributed by atoms with Crippen LogP contribution in [0.25, 0.3) is 11.1 Å². The maximum Gasteiger partial charge on any atom is 0.451 e. The highest BCUT2D eigenvalue weighted by Gasteiger charge is 2.34. The maximum absolute atomic E-state index is 12.6. The van der Waals surface area contributed by atoms with E-state index in [0.717, 1.165) is 12.4 Å². The molecule has 1 saturated heterocycles. The average molecular weight is 409 g/mol. The number of rotatable bonds is 5. The Morgan fingerprint density at radius 3 is 2.48 bits per heavy atom. The summed E-state index contributed by atoms with van der Waals surface area (Å²) >= 11 is 0. The van der Waals surface area contributed by atoms with Gasteiger partial charge in [0.25, 0.3) is 0 Å². The van der Waals surface area contributed by atoms with E-state index in [1.165, 1.54) is 18.2 Å². The number of benzene rings is 1. The number of nitrogens with two attached hydrogens (primary N) is 1. The first-order chi connectivity index (χ1) is 13.7. The second-order valence-electron chi connectivity index (χ2n) is 6.53. The van der Waals surface area contributed by atoms with E-state index in [0.29, 0.717) is 29.7 Å². The van der Waals surface area contributed by atoms with Crippen molar-refractivity contribution >= 4 is 11.8 Å². The van der Waals surface area contributed by atoms with Crippen molar-refractivity contribution in [3.63, 3.8) is 0 Å².